The van der Waals surface area contributed by atoms with E-state index in [-0.39, 0.29) is 11.9 Å². The topological polar surface area (TPSA) is 20.3 Å². The Morgan fingerprint density at radius 2 is 1.48 bits per heavy atom. The monoisotopic (exact) mass is 373 g/mol. The van der Waals surface area contributed by atoms with Crippen LogP contribution in [0.25, 0.3) is 0 Å². The van der Waals surface area contributed by atoms with E-state index in [0.717, 1.165) is 12.1 Å². The van der Waals surface area contributed by atoms with Crippen LogP contribution in [0, 0.1) is 6.92 Å². The lowest BCUT2D eigenvalue weighted by Crippen LogP contribution is -2.44. The Bertz CT molecular complexity index is 893. The molecule has 27 heavy (non-hydrogen) atoms. The second-order valence-electron chi connectivity index (χ2n) is 6.96. The van der Waals surface area contributed by atoms with Crippen LogP contribution in [-0.4, -0.2) is 11.2 Å². The van der Waals surface area contributed by atoms with Crippen LogP contribution in [-0.2, 0) is 4.79 Å². The summed E-state index contributed by atoms with van der Waals surface area (Å²) in [5, 5.41) is 0.313. The van der Waals surface area contributed by atoms with Crippen LogP contribution in [0.3, 0.4) is 0 Å². The van der Waals surface area contributed by atoms with Crippen LogP contribution >= 0.6 is 11.8 Å². The first-order valence-electron chi connectivity index (χ1n) is 9.38. The van der Waals surface area contributed by atoms with E-state index in [1.165, 1.54) is 16.0 Å². The third-order valence-electron chi connectivity index (χ3n) is 5.03. The minimum Gasteiger partial charge on any atom is -0.304 e. The van der Waals surface area contributed by atoms with Gasteiger partial charge in [0.25, 0.3) is 0 Å². The van der Waals surface area contributed by atoms with E-state index >= 15 is 0 Å². The van der Waals surface area contributed by atoms with Crippen molar-refractivity contribution in [2.45, 2.75) is 36.0 Å². The molecule has 0 radical (unpaired) electrons. The van der Waals surface area contributed by atoms with Gasteiger partial charge in [-0.15, -0.1) is 11.8 Å². The number of nitrogens with zero attached hydrogens (tertiary/aromatic N) is 1. The van der Waals surface area contributed by atoms with Gasteiger partial charge < -0.3 is 4.90 Å². The zero-order valence-corrected chi connectivity index (χ0v) is 16.2. The molecule has 0 aliphatic carbocycles. The predicted molar refractivity (Wildman–Crippen MR) is 113 cm³/mol. The van der Waals surface area contributed by atoms with Crippen molar-refractivity contribution in [2.24, 2.45) is 0 Å². The molecule has 1 amide bonds. The Morgan fingerprint density at radius 1 is 0.852 bits per heavy atom. The first kappa shape index (κ1) is 17.9. The minimum atomic E-state index is 0.0288. The molecular weight excluding hydrogens is 350 g/mol. The molecule has 0 aromatic heterocycles. The van der Waals surface area contributed by atoms with Crippen molar-refractivity contribution in [1.82, 2.24) is 0 Å². The Kier molecular flexibility index (Phi) is 5.30. The summed E-state index contributed by atoms with van der Waals surface area (Å²) in [6.45, 7) is 2.11. The number of anilines is 1. The van der Waals surface area contributed by atoms with E-state index in [1.807, 2.05) is 53.1 Å². The van der Waals surface area contributed by atoms with Crippen molar-refractivity contribution in [3.05, 3.63) is 96.1 Å². The van der Waals surface area contributed by atoms with E-state index in [4.69, 9.17) is 0 Å². The van der Waals surface area contributed by atoms with Crippen molar-refractivity contribution in [3.8, 4) is 0 Å². The van der Waals surface area contributed by atoms with E-state index in [2.05, 4.69) is 55.5 Å². The third kappa shape index (κ3) is 3.93. The number of rotatable bonds is 4. The van der Waals surface area contributed by atoms with Crippen LogP contribution in [0.5, 0.6) is 0 Å². The molecule has 2 atom stereocenters. The van der Waals surface area contributed by atoms with E-state index in [0.29, 0.717) is 11.7 Å². The normalized spacial score (nSPS) is 19.9. The molecule has 1 saturated heterocycles. The first-order chi connectivity index (χ1) is 13.2. The van der Waals surface area contributed by atoms with Gasteiger partial charge in [0.15, 0.2) is 0 Å². The van der Waals surface area contributed by atoms with Crippen molar-refractivity contribution >= 4 is 23.4 Å². The number of carbonyl (C=O) groups excluding carboxylic acids is 1. The van der Waals surface area contributed by atoms with Crippen molar-refractivity contribution in [2.75, 3.05) is 4.90 Å². The maximum absolute atomic E-state index is 12.9. The first-order valence-corrected chi connectivity index (χ1v) is 10.3. The molecule has 3 aromatic carbocycles. The summed E-state index contributed by atoms with van der Waals surface area (Å²) < 4.78 is 0. The van der Waals surface area contributed by atoms with Gasteiger partial charge in [-0.2, -0.15) is 0 Å². The molecular formula is C24H23NOS. The molecule has 0 N–H and O–H groups in total. The van der Waals surface area contributed by atoms with Crippen LogP contribution in [0.4, 0.5) is 5.69 Å². The maximum Gasteiger partial charge on any atom is 0.227 e. The van der Waals surface area contributed by atoms with E-state index in [1.54, 1.807) is 0 Å². The molecule has 0 bridgehead atoms. The zero-order valence-electron chi connectivity index (χ0n) is 15.4. The molecule has 0 unspecified atom stereocenters. The Hall–Kier alpha value is -2.52. The number of amides is 1. The van der Waals surface area contributed by atoms with Gasteiger partial charge >= 0.3 is 0 Å². The van der Waals surface area contributed by atoms with Gasteiger partial charge in [0.1, 0.15) is 0 Å². The van der Waals surface area contributed by atoms with Crippen LogP contribution in [0.2, 0.25) is 0 Å². The number of aryl methyl sites for hydroxylation is 1. The largest absolute Gasteiger partial charge is 0.304 e. The summed E-state index contributed by atoms with van der Waals surface area (Å²) >= 11 is 1.88. The quantitative estimate of drug-likeness (QED) is 0.557. The number of benzene rings is 3. The summed E-state index contributed by atoms with van der Waals surface area (Å²) in [5.74, 6) is 0.204. The molecule has 1 aliphatic rings. The highest BCUT2D eigenvalue weighted by Gasteiger charge is 2.38. The minimum absolute atomic E-state index is 0.0288. The van der Waals surface area contributed by atoms with Gasteiger partial charge in [-0.3, -0.25) is 4.79 Å². The van der Waals surface area contributed by atoms with E-state index < -0.39 is 0 Å². The average Bonchev–Trinajstić information content (AvgIpc) is 2.72. The smallest absolute Gasteiger partial charge is 0.227 e. The summed E-state index contributed by atoms with van der Waals surface area (Å²) in [6, 6.07) is 29.2. The molecule has 1 fully saturated rings. The van der Waals surface area contributed by atoms with Gasteiger partial charge in [0, 0.05) is 22.3 Å². The van der Waals surface area contributed by atoms with Gasteiger partial charge in [-0.25, -0.2) is 0 Å². The summed E-state index contributed by atoms with van der Waals surface area (Å²) in [7, 11) is 0. The van der Waals surface area contributed by atoms with Crippen LogP contribution in [0.15, 0.2) is 89.8 Å². The lowest BCUT2D eigenvalue weighted by atomic mass is 9.93. The molecule has 0 spiro atoms. The molecule has 1 heterocycles. The maximum atomic E-state index is 12.9. The van der Waals surface area contributed by atoms with E-state index in [9.17, 15) is 4.79 Å². The number of thioether (sulfide) groups is 1. The zero-order chi connectivity index (χ0) is 18.6. The van der Waals surface area contributed by atoms with Crippen LogP contribution < -0.4 is 4.90 Å². The fraction of sp³-hybridized carbons (Fsp3) is 0.208. The Labute approximate surface area is 165 Å². The second kappa shape index (κ2) is 8.01. The molecule has 136 valence electrons. The fourth-order valence-corrected chi connectivity index (χ4v) is 4.97. The van der Waals surface area contributed by atoms with Crippen molar-refractivity contribution < 1.29 is 4.79 Å². The highest BCUT2D eigenvalue weighted by molar-refractivity contribution is 8.00. The number of carbonyl (C=O) groups is 1. The predicted octanol–water partition coefficient (Wildman–Crippen LogP) is 6.02. The molecule has 1 aliphatic heterocycles. The van der Waals surface area contributed by atoms with Gasteiger partial charge in [-0.1, -0.05) is 66.2 Å². The van der Waals surface area contributed by atoms with Gasteiger partial charge in [0.2, 0.25) is 5.91 Å². The standard InChI is InChI=1S/C24H23NOS/c1-18-12-14-21(15-13-18)27-22-16-17-23(26)25(20-10-6-3-7-11-20)24(22)19-8-4-2-5-9-19/h2-15,22,24H,16-17H2,1H3/t22-,24-/m0/s1. The molecule has 4 rings (SSSR count). The van der Waals surface area contributed by atoms with Gasteiger partial charge in [-0.05, 0) is 43.2 Å². The van der Waals surface area contributed by atoms with Gasteiger partial charge in [0.05, 0.1) is 6.04 Å². The highest BCUT2D eigenvalue weighted by atomic mass is 32.2. The summed E-state index contributed by atoms with van der Waals surface area (Å²) in [6.07, 6.45) is 1.47. The number of piperidine rings is 1. The molecule has 0 saturated carbocycles. The second-order valence-corrected chi connectivity index (χ2v) is 8.28. The average molecular weight is 374 g/mol. The van der Waals surface area contributed by atoms with Crippen molar-refractivity contribution in [1.29, 1.82) is 0 Å². The molecule has 3 aromatic rings. The lowest BCUT2D eigenvalue weighted by molar-refractivity contribution is -0.120. The molecule has 2 nitrogen and oxygen atoms in total. The summed E-state index contributed by atoms with van der Waals surface area (Å²) in [4.78, 5) is 16.2. The number of hydrogen-bond donors (Lipinski definition) is 0. The fourth-order valence-electron chi connectivity index (χ4n) is 3.69. The summed E-state index contributed by atoms with van der Waals surface area (Å²) in [5.41, 5.74) is 3.44. The third-order valence-corrected chi connectivity index (χ3v) is 6.37. The highest BCUT2D eigenvalue weighted by Crippen LogP contribution is 2.43. The molecule has 3 heteroatoms. The lowest BCUT2D eigenvalue weighted by Gasteiger charge is -2.41. The number of hydrogen-bond acceptors (Lipinski definition) is 2. The number of para-hydroxylation sites is 1. The van der Waals surface area contributed by atoms with Crippen LogP contribution in [0.1, 0.15) is 30.0 Å². The Balaban J connectivity index is 1.73. The van der Waals surface area contributed by atoms with Crippen molar-refractivity contribution in [3.63, 3.8) is 0 Å². The Morgan fingerprint density at radius 3 is 2.15 bits per heavy atom. The SMILES string of the molecule is Cc1ccc(S[C@H]2CCC(=O)N(c3ccccc3)[C@H]2c2ccccc2)cc1.